The zero-order valence-electron chi connectivity index (χ0n) is 15.3. The van der Waals surface area contributed by atoms with Crippen molar-refractivity contribution in [3.63, 3.8) is 0 Å². The highest BCUT2D eigenvalue weighted by molar-refractivity contribution is 5.77. The molecule has 0 saturated carbocycles. The van der Waals surface area contributed by atoms with Crippen LogP contribution in [0.4, 0.5) is 0 Å². The summed E-state index contributed by atoms with van der Waals surface area (Å²) in [5, 5.41) is 12.8. The van der Waals surface area contributed by atoms with Crippen molar-refractivity contribution in [3.8, 4) is 22.7 Å². The van der Waals surface area contributed by atoms with E-state index in [4.69, 9.17) is 8.94 Å². The molecule has 6 heteroatoms. The number of hydrogen-bond donors (Lipinski definition) is 0. The molecule has 1 aliphatic heterocycles. The molecule has 1 unspecified atom stereocenters. The Morgan fingerprint density at radius 2 is 2.00 bits per heavy atom. The largest absolute Gasteiger partial charge is 0.419 e. The van der Waals surface area contributed by atoms with Gasteiger partial charge in [-0.15, -0.1) is 10.2 Å². The quantitative estimate of drug-likeness (QED) is 0.675. The first-order valence-corrected chi connectivity index (χ1v) is 9.34. The summed E-state index contributed by atoms with van der Waals surface area (Å²) in [4.78, 5) is 2.46. The van der Waals surface area contributed by atoms with Gasteiger partial charge in [0.05, 0.1) is 6.54 Å². The molecule has 4 rings (SSSR count). The first-order valence-electron chi connectivity index (χ1n) is 9.34. The van der Waals surface area contributed by atoms with E-state index in [0.717, 1.165) is 29.8 Å². The maximum atomic E-state index is 6.00. The van der Waals surface area contributed by atoms with Gasteiger partial charge in [0.25, 0.3) is 5.89 Å². The van der Waals surface area contributed by atoms with Crippen LogP contribution in [-0.2, 0) is 6.54 Å². The van der Waals surface area contributed by atoms with Crippen molar-refractivity contribution < 1.29 is 8.94 Å². The van der Waals surface area contributed by atoms with E-state index in [9.17, 15) is 0 Å². The summed E-state index contributed by atoms with van der Waals surface area (Å²) in [7, 11) is 0. The molecule has 3 heterocycles. The fourth-order valence-electron chi connectivity index (χ4n) is 3.74. The van der Waals surface area contributed by atoms with Crippen molar-refractivity contribution in [1.82, 2.24) is 20.3 Å². The van der Waals surface area contributed by atoms with E-state index >= 15 is 0 Å². The van der Waals surface area contributed by atoms with Crippen LogP contribution in [0.25, 0.3) is 22.7 Å². The fraction of sp³-hybridized carbons (Fsp3) is 0.450. The van der Waals surface area contributed by atoms with E-state index in [1.807, 2.05) is 37.3 Å². The third kappa shape index (κ3) is 3.29. The number of rotatable bonds is 5. The lowest BCUT2D eigenvalue weighted by Gasteiger charge is -2.33. The van der Waals surface area contributed by atoms with Crippen LogP contribution in [0, 0.1) is 6.92 Å². The van der Waals surface area contributed by atoms with E-state index < -0.39 is 0 Å². The molecule has 0 bridgehead atoms. The van der Waals surface area contributed by atoms with E-state index in [1.165, 1.54) is 19.3 Å². The third-order valence-electron chi connectivity index (χ3n) is 5.15. The van der Waals surface area contributed by atoms with Crippen molar-refractivity contribution in [2.75, 3.05) is 6.54 Å². The van der Waals surface area contributed by atoms with Crippen molar-refractivity contribution in [2.24, 2.45) is 0 Å². The first-order chi connectivity index (χ1) is 12.8. The van der Waals surface area contributed by atoms with Crippen molar-refractivity contribution in [2.45, 2.75) is 52.1 Å². The zero-order valence-corrected chi connectivity index (χ0v) is 15.3. The average molecular weight is 352 g/mol. The number of piperidine rings is 1. The molecule has 3 aromatic rings. The molecule has 1 aliphatic rings. The van der Waals surface area contributed by atoms with Gasteiger partial charge in [-0.1, -0.05) is 48.8 Å². The molecule has 0 spiro atoms. The van der Waals surface area contributed by atoms with E-state index in [1.54, 1.807) is 0 Å². The summed E-state index contributed by atoms with van der Waals surface area (Å²) < 4.78 is 11.4. The summed E-state index contributed by atoms with van der Waals surface area (Å²) in [5.41, 5.74) is 2.49. The maximum absolute atomic E-state index is 6.00. The lowest BCUT2D eigenvalue weighted by Crippen LogP contribution is -2.38. The Morgan fingerprint density at radius 3 is 2.81 bits per heavy atom. The second-order valence-electron chi connectivity index (χ2n) is 6.86. The number of nitrogens with zero attached hydrogens (tertiary/aromatic N) is 4. The smallest absolute Gasteiger partial charge is 0.253 e. The van der Waals surface area contributed by atoms with Crippen LogP contribution in [0.3, 0.4) is 0 Å². The van der Waals surface area contributed by atoms with Gasteiger partial charge in [0, 0.05) is 11.6 Å². The minimum atomic E-state index is 0.475. The normalized spacial score (nSPS) is 18.3. The Hall–Kier alpha value is -2.47. The molecule has 6 nitrogen and oxygen atoms in total. The minimum Gasteiger partial charge on any atom is -0.419 e. The van der Waals surface area contributed by atoms with Crippen LogP contribution >= 0.6 is 0 Å². The van der Waals surface area contributed by atoms with Crippen LogP contribution in [0.15, 0.2) is 39.3 Å². The van der Waals surface area contributed by atoms with Crippen molar-refractivity contribution in [3.05, 3.63) is 42.0 Å². The molecule has 2 aromatic heterocycles. The zero-order chi connectivity index (χ0) is 17.9. The van der Waals surface area contributed by atoms with Crippen LogP contribution in [0.1, 0.15) is 44.3 Å². The maximum Gasteiger partial charge on any atom is 0.253 e. The first kappa shape index (κ1) is 17.0. The van der Waals surface area contributed by atoms with E-state index in [0.29, 0.717) is 30.1 Å². The van der Waals surface area contributed by atoms with Crippen LogP contribution in [0.2, 0.25) is 0 Å². The predicted octanol–water partition coefficient (Wildman–Crippen LogP) is 4.46. The lowest BCUT2D eigenvalue weighted by atomic mass is 10.0. The molecule has 1 fully saturated rings. The Balaban J connectivity index is 1.60. The minimum absolute atomic E-state index is 0.475. The molecule has 0 aliphatic carbocycles. The van der Waals surface area contributed by atoms with Crippen LogP contribution in [-0.4, -0.2) is 32.8 Å². The lowest BCUT2D eigenvalue weighted by molar-refractivity contribution is 0.124. The summed E-state index contributed by atoms with van der Waals surface area (Å²) in [6, 6.07) is 10.5. The van der Waals surface area contributed by atoms with Crippen LogP contribution < -0.4 is 0 Å². The number of hydrogen-bond acceptors (Lipinski definition) is 6. The number of aromatic nitrogens is 3. The summed E-state index contributed by atoms with van der Waals surface area (Å²) >= 11 is 0. The highest BCUT2D eigenvalue weighted by Gasteiger charge is 2.25. The van der Waals surface area contributed by atoms with E-state index in [2.05, 4.69) is 27.2 Å². The third-order valence-corrected chi connectivity index (χ3v) is 5.15. The molecule has 136 valence electrons. The van der Waals surface area contributed by atoms with Gasteiger partial charge >= 0.3 is 0 Å². The molecular weight excluding hydrogens is 328 g/mol. The number of benzene rings is 1. The molecule has 26 heavy (non-hydrogen) atoms. The van der Waals surface area contributed by atoms with Gasteiger partial charge in [-0.05, 0) is 32.7 Å². The van der Waals surface area contributed by atoms with Crippen molar-refractivity contribution in [1.29, 1.82) is 0 Å². The van der Waals surface area contributed by atoms with Gasteiger partial charge in [-0.2, -0.15) is 0 Å². The van der Waals surface area contributed by atoms with E-state index in [-0.39, 0.29) is 0 Å². The Labute approximate surface area is 153 Å². The van der Waals surface area contributed by atoms with Crippen molar-refractivity contribution >= 4 is 0 Å². The highest BCUT2D eigenvalue weighted by Crippen LogP contribution is 2.33. The van der Waals surface area contributed by atoms with Crippen LogP contribution in [0.5, 0.6) is 0 Å². The predicted molar refractivity (Wildman–Crippen MR) is 98.3 cm³/mol. The fourth-order valence-corrected chi connectivity index (χ4v) is 3.74. The Kier molecular flexibility index (Phi) is 4.84. The topological polar surface area (TPSA) is 68.2 Å². The van der Waals surface area contributed by atoms with Gasteiger partial charge in [0.1, 0.15) is 17.0 Å². The summed E-state index contributed by atoms with van der Waals surface area (Å²) in [6.45, 7) is 5.92. The SMILES string of the molecule is CCC1CCCCN1Cc1nnc(-c2c(-c3ccccc3)noc2C)o1. The number of likely N-dealkylation sites (tertiary alicyclic amines) is 1. The van der Waals surface area contributed by atoms with Gasteiger partial charge < -0.3 is 8.94 Å². The second kappa shape index (κ2) is 7.41. The second-order valence-corrected chi connectivity index (χ2v) is 6.86. The molecule has 1 atom stereocenters. The molecular formula is C20H24N4O2. The van der Waals surface area contributed by atoms with Gasteiger partial charge in [-0.25, -0.2) is 0 Å². The summed E-state index contributed by atoms with van der Waals surface area (Å²) in [6.07, 6.45) is 4.95. The molecule has 0 amide bonds. The summed E-state index contributed by atoms with van der Waals surface area (Å²) in [5.74, 6) is 1.81. The average Bonchev–Trinajstić information content (AvgIpc) is 3.29. The Morgan fingerprint density at radius 1 is 1.15 bits per heavy atom. The molecule has 1 aromatic carbocycles. The van der Waals surface area contributed by atoms with Gasteiger partial charge in [0.2, 0.25) is 5.89 Å². The Bertz CT molecular complexity index is 856. The standard InChI is InChI=1S/C20H24N4O2/c1-3-16-11-7-8-12-24(16)13-17-21-22-20(25-17)18-14(2)26-23-19(18)15-9-5-4-6-10-15/h4-6,9-10,16H,3,7-8,11-13H2,1-2H3. The molecule has 0 radical (unpaired) electrons. The molecule has 0 N–H and O–H groups in total. The molecule has 1 saturated heterocycles. The highest BCUT2D eigenvalue weighted by atomic mass is 16.5. The van der Waals surface area contributed by atoms with Gasteiger partial charge in [-0.3, -0.25) is 4.90 Å². The number of aryl methyl sites for hydroxylation is 1. The monoisotopic (exact) mass is 352 g/mol. The van der Waals surface area contributed by atoms with Gasteiger partial charge in [0.15, 0.2) is 0 Å².